The van der Waals surface area contributed by atoms with Crippen molar-refractivity contribution in [3.63, 3.8) is 0 Å². The second-order valence-corrected chi connectivity index (χ2v) is 6.18. The zero-order chi connectivity index (χ0) is 15.2. The normalized spacial score (nSPS) is 10.5. The van der Waals surface area contributed by atoms with Gasteiger partial charge in [0, 0.05) is 27.6 Å². The molecule has 0 aliphatic carbocycles. The van der Waals surface area contributed by atoms with Crippen LogP contribution in [-0.2, 0) is 6.42 Å². The molecule has 0 unspecified atom stereocenters. The van der Waals surface area contributed by atoms with E-state index in [0.29, 0.717) is 0 Å². The van der Waals surface area contributed by atoms with Crippen LogP contribution in [0.1, 0.15) is 26.1 Å². The molecule has 0 saturated carbocycles. The first kappa shape index (κ1) is 16.3. The molecular weight excluding hydrogens is 399 g/mol. The molecule has 112 valence electrons. The van der Waals surface area contributed by atoms with Crippen LogP contribution in [0.2, 0.25) is 5.02 Å². The fourth-order valence-corrected chi connectivity index (χ4v) is 2.80. The Morgan fingerprint density at radius 2 is 1.90 bits per heavy atom. The molecule has 1 aromatic carbocycles. The first-order valence-corrected chi connectivity index (χ1v) is 8.42. The number of hydrogen-bond acceptors (Lipinski definition) is 4. The SMILES string of the molecule is CCCNc1cc(Nc2ccc(Cl)cc2I)nc(CC)n1. The van der Waals surface area contributed by atoms with Crippen LogP contribution in [0.3, 0.4) is 0 Å². The summed E-state index contributed by atoms with van der Waals surface area (Å²) in [4.78, 5) is 9.00. The average molecular weight is 417 g/mol. The molecule has 0 amide bonds. The molecule has 0 saturated heterocycles. The molecule has 2 rings (SSSR count). The Kier molecular flexibility index (Phi) is 6.05. The summed E-state index contributed by atoms with van der Waals surface area (Å²) in [5.41, 5.74) is 0.988. The molecule has 0 atom stereocenters. The average Bonchev–Trinajstić information content (AvgIpc) is 2.48. The Morgan fingerprint density at radius 1 is 1.14 bits per heavy atom. The van der Waals surface area contributed by atoms with Gasteiger partial charge in [0.25, 0.3) is 0 Å². The largest absolute Gasteiger partial charge is 0.370 e. The first-order chi connectivity index (χ1) is 10.1. The van der Waals surface area contributed by atoms with Crippen molar-refractivity contribution in [1.82, 2.24) is 9.97 Å². The van der Waals surface area contributed by atoms with Gasteiger partial charge in [-0.3, -0.25) is 0 Å². The molecular formula is C15H18ClIN4. The van der Waals surface area contributed by atoms with Crippen LogP contribution in [-0.4, -0.2) is 16.5 Å². The minimum Gasteiger partial charge on any atom is -0.370 e. The van der Waals surface area contributed by atoms with Gasteiger partial charge in [0.05, 0.1) is 5.69 Å². The smallest absolute Gasteiger partial charge is 0.136 e. The molecule has 0 aliphatic heterocycles. The molecule has 1 aromatic heterocycles. The second-order valence-electron chi connectivity index (χ2n) is 4.58. The number of rotatable bonds is 6. The minimum atomic E-state index is 0.729. The summed E-state index contributed by atoms with van der Waals surface area (Å²) in [6.07, 6.45) is 1.86. The molecule has 0 fully saturated rings. The summed E-state index contributed by atoms with van der Waals surface area (Å²) in [5.74, 6) is 2.47. The van der Waals surface area contributed by atoms with Crippen molar-refractivity contribution in [1.29, 1.82) is 0 Å². The lowest BCUT2D eigenvalue weighted by molar-refractivity contribution is 0.919. The van der Waals surface area contributed by atoms with Crippen molar-refractivity contribution < 1.29 is 0 Å². The van der Waals surface area contributed by atoms with E-state index < -0.39 is 0 Å². The molecule has 1 heterocycles. The zero-order valence-electron chi connectivity index (χ0n) is 12.1. The van der Waals surface area contributed by atoms with E-state index in [1.165, 1.54) is 0 Å². The van der Waals surface area contributed by atoms with Gasteiger partial charge >= 0.3 is 0 Å². The van der Waals surface area contributed by atoms with E-state index in [0.717, 1.165) is 51.1 Å². The lowest BCUT2D eigenvalue weighted by Crippen LogP contribution is -2.07. The summed E-state index contributed by atoms with van der Waals surface area (Å²) in [6.45, 7) is 5.08. The van der Waals surface area contributed by atoms with E-state index in [4.69, 9.17) is 11.6 Å². The van der Waals surface area contributed by atoms with Gasteiger partial charge in [-0.2, -0.15) is 0 Å². The maximum absolute atomic E-state index is 5.98. The standard InChI is InChI=1S/C15H18ClIN4/c1-3-7-18-14-9-15(21-13(4-2)20-14)19-12-6-5-10(16)8-11(12)17/h5-6,8-9H,3-4,7H2,1-2H3,(H2,18,19,20,21). The molecule has 6 heteroatoms. The molecule has 2 N–H and O–H groups in total. The summed E-state index contributed by atoms with van der Waals surface area (Å²) in [5, 5.41) is 7.37. The van der Waals surface area contributed by atoms with E-state index in [1.54, 1.807) is 0 Å². The highest BCUT2D eigenvalue weighted by Crippen LogP contribution is 2.25. The maximum atomic E-state index is 5.98. The Balaban J connectivity index is 2.25. The van der Waals surface area contributed by atoms with Gasteiger partial charge in [-0.15, -0.1) is 0 Å². The van der Waals surface area contributed by atoms with Gasteiger partial charge < -0.3 is 10.6 Å². The molecule has 21 heavy (non-hydrogen) atoms. The fourth-order valence-electron chi connectivity index (χ4n) is 1.79. The maximum Gasteiger partial charge on any atom is 0.136 e. The van der Waals surface area contributed by atoms with Crippen molar-refractivity contribution in [2.24, 2.45) is 0 Å². The van der Waals surface area contributed by atoms with Crippen molar-refractivity contribution >= 4 is 51.5 Å². The number of nitrogens with one attached hydrogen (secondary N) is 2. The highest BCUT2D eigenvalue weighted by atomic mass is 127. The number of halogens is 2. The number of aryl methyl sites for hydroxylation is 1. The number of aromatic nitrogens is 2. The predicted molar refractivity (Wildman–Crippen MR) is 97.6 cm³/mol. The third-order valence-electron chi connectivity index (χ3n) is 2.84. The summed E-state index contributed by atoms with van der Waals surface area (Å²) in [6, 6.07) is 7.67. The number of nitrogens with zero attached hydrogens (tertiary/aromatic N) is 2. The molecule has 0 aliphatic rings. The first-order valence-electron chi connectivity index (χ1n) is 6.96. The number of benzene rings is 1. The second kappa shape index (κ2) is 7.79. The van der Waals surface area contributed by atoms with Crippen molar-refractivity contribution in [3.8, 4) is 0 Å². The van der Waals surface area contributed by atoms with Crippen molar-refractivity contribution in [2.75, 3.05) is 17.2 Å². The van der Waals surface area contributed by atoms with E-state index in [9.17, 15) is 0 Å². The van der Waals surface area contributed by atoms with Gasteiger partial charge in [0.1, 0.15) is 17.5 Å². The zero-order valence-corrected chi connectivity index (χ0v) is 15.0. The van der Waals surface area contributed by atoms with Crippen molar-refractivity contribution in [3.05, 3.63) is 38.7 Å². The van der Waals surface area contributed by atoms with Gasteiger partial charge in [-0.25, -0.2) is 9.97 Å². The van der Waals surface area contributed by atoms with E-state index >= 15 is 0 Å². The molecule has 4 nitrogen and oxygen atoms in total. The number of hydrogen-bond donors (Lipinski definition) is 2. The highest BCUT2D eigenvalue weighted by molar-refractivity contribution is 14.1. The minimum absolute atomic E-state index is 0.729. The van der Waals surface area contributed by atoms with Gasteiger partial charge in [-0.05, 0) is 47.2 Å². The molecule has 2 aromatic rings. The Labute approximate surface area is 143 Å². The third kappa shape index (κ3) is 4.71. The molecule has 0 bridgehead atoms. The predicted octanol–water partition coefficient (Wildman–Crippen LogP) is 4.86. The van der Waals surface area contributed by atoms with Crippen LogP contribution < -0.4 is 10.6 Å². The number of anilines is 3. The molecule has 0 radical (unpaired) electrons. The topological polar surface area (TPSA) is 49.8 Å². The van der Waals surface area contributed by atoms with Crippen LogP contribution in [0.15, 0.2) is 24.3 Å². The van der Waals surface area contributed by atoms with Gasteiger partial charge in [0.2, 0.25) is 0 Å². The van der Waals surface area contributed by atoms with E-state index in [1.807, 2.05) is 24.3 Å². The summed E-state index contributed by atoms with van der Waals surface area (Å²) < 4.78 is 1.06. The van der Waals surface area contributed by atoms with E-state index in [2.05, 4.69) is 57.0 Å². The third-order valence-corrected chi connectivity index (χ3v) is 3.97. The quantitative estimate of drug-likeness (QED) is 0.660. The Bertz CT molecular complexity index is 619. The van der Waals surface area contributed by atoms with Gasteiger partial charge in [0.15, 0.2) is 0 Å². The lowest BCUT2D eigenvalue weighted by Gasteiger charge is -2.11. The van der Waals surface area contributed by atoms with Gasteiger partial charge in [-0.1, -0.05) is 25.4 Å². The van der Waals surface area contributed by atoms with Crippen LogP contribution in [0.5, 0.6) is 0 Å². The van der Waals surface area contributed by atoms with E-state index in [-0.39, 0.29) is 0 Å². The summed E-state index contributed by atoms with van der Waals surface area (Å²) in [7, 11) is 0. The summed E-state index contributed by atoms with van der Waals surface area (Å²) >= 11 is 8.24. The van der Waals surface area contributed by atoms with Crippen LogP contribution >= 0.6 is 34.2 Å². The Morgan fingerprint density at radius 3 is 2.57 bits per heavy atom. The highest BCUT2D eigenvalue weighted by Gasteiger charge is 2.06. The monoisotopic (exact) mass is 416 g/mol. The molecule has 0 spiro atoms. The van der Waals surface area contributed by atoms with Crippen LogP contribution in [0, 0.1) is 3.57 Å². The van der Waals surface area contributed by atoms with Crippen LogP contribution in [0.25, 0.3) is 0 Å². The van der Waals surface area contributed by atoms with Crippen LogP contribution in [0.4, 0.5) is 17.3 Å². The Hall–Kier alpha value is -1.08. The fraction of sp³-hybridized carbons (Fsp3) is 0.333. The van der Waals surface area contributed by atoms with Crippen molar-refractivity contribution in [2.45, 2.75) is 26.7 Å². The lowest BCUT2D eigenvalue weighted by atomic mass is 10.3.